The minimum Gasteiger partial charge on any atom is -0.371 e. The molecule has 0 aromatic heterocycles. The van der Waals surface area contributed by atoms with E-state index in [1.165, 1.54) is 24.3 Å². The average molecular weight is 272 g/mol. The fourth-order valence-electron chi connectivity index (χ4n) is 1.98. The van der Waals surface area contributed by atoms with E-state index in [1.807, 2.05) is 0 Å². The van der Waals surface area contributed by atoms with Gasteiger partial charge in [0.2, 0.25) is 5.60 Å². The molecule has 0 spiro atoms. The third-order valence-corrected chi connectivity index (χ3v) is 3.14. The van der Waals surface area contributed by atoms with Gasteiger partial charge in [0, 0.05) is 13.1 Å². The van der Waals surface area contributed by atoms with Crippen LogP contribution in [0.3, 0.4) is 0 Å². The van der Waals surface area contributed by atoms with E-state index in [0.717, 1.165) is 12.8 Å². The summed E-state index contributed by atoms with van der Waals surface area (Å²) in [5.74, 6) is 0. The van der Waals surface area contributed by atoms with Crippen molar-refractivity contribution in [3.8, 4) is 0 Å². The molecule has 1 aliphatic rings. The second-order valence-electron chi connectivity index (χ2n) is 4.54. The molecule has 1 unspecified atom stereocenters. The average Bonchev–Trinajstić information content (AvgIpc) is 2.89. The molecular weight excluding hydrogens is 257 g/mol. The summed E-state index contributed by atoms with van der Waals surface area (Å²) in [7, 11) is 0. The molecule has 1 heterocycles. The van der Waals surface area contributed by atoms with Crippen molar-refractivity contribution in [2.75, 3.05) is 13.1 Å². The predicted octanol–water partition coefficient (Wildman–Crippen LogP) is 2.52. The molecule has 1 N–H and O–H groups in total. The Balaban J connectivity index is 2.30. The quantitative estimate of drug-likeness (QED) is 0.858. The lowest BCUT2D eigenvalue weighted by Crippen LogP contribution is -2.44. The molecule has 19 heavy (non-hydrogen) atoms. The number of alkyl halides is 3. The van der Waals surface area contributed by atoms with Gasteiger partial charge >= 0.3 is 6.18 Å². The van der Waals surface area contributed by atoms with Crippen molar-refractivity contribution in [2.24, 2.45) is 5.10 Å². The molecule has 2 rings (SSSR count). The Morgan fingerprint density at radius 2 is 1.68 bits per heavy atom. The van der Waals surface area contributed by atoms with Crippen LogP contribution in [-0.4, -0.2) is 35.6 Å². The van der Waals surface area contributed by atoms with Crippen LogP contribution in [-0.2, 0) is 5.60 Å². The maximum atomic E-state index is 13.1. The van der Waals surface area contributed by atoms with Gasteiger partial charge in [0.05, 0.1) is 6.21 Å². The Hall–Kier alpha value is -1.56. The summed E-state index contributed by atoms with van der Waals surface area (Å²) < 4.78 is 39.3. The Bertz CT molecular complexity index is 441. The van der Waals surface area contributed by atoms with Crippen LogP contribution in [0.15, 0.2) is 35.4 Å². The van der Waals surface area contributed by atoms with Gasteiger partial charge in [-0.3, -0.25) is 5.01 Å². The van der Waals surface area contributed by atoms with Gasteiger partial charge in [-0.2, -0.15) is 18.3 Å². The van der Waals surface area contributed by atoms with Gasteiger partial charge in [0.1, 0.15) is 0 Å². The summed E-state index contributed by atoms with van der Waals surface area (Å²) >= 11 is 0. The Kier molecular flexibility index (Phi) is 3.80. The highest BCUT2D eigenvalue weighted by Crippen LogP contribution is 2.37. The molecule has 1 aromatic rings. The minimum absolute atomic E-state index is 0.231. The molecule has 1 atom stereocenters. The first kappa shape index (κ1) is 13.9. The largest absolute Gasteiger partial charge is 0.426 e. The van der Waals surface area contributed by atoms with E-state index in [2.05, 4.69) is 5.10 Å². The van der Waals surface area contributed by atoms with E-state index >= 15 is 0 Å². The number of halogens is 3. The fraction of sp³-hybridized carbons (Fsp3) is 0.462. The Morgan fingerprint density at radius 1 is 1.11 bits per heavy atom. The van der Waals surface area contributed by atoms with E-state index in [-0.39, 0.29) is 5.56 Å². The first-order valence-corrected chi connectivity index (χ1v) is 6.08. The van der Waals surface area contributed by atoms with Gasteiger partial charge in [-0.05, 0) is 18.4 Å². The molecule has 1 aromatic carbocycles. The predicted molar refractivity (Wildman–Crippen MR) is 65.7 cm³/mol. The summed E-state index contributed by atoms with van der Waals surface area (Å²) in [5, 5.41) is 15.3. The number of nitrogens with zero attached hydrogens (tertiary/aromatic N) is 2. The second kappa shape index (κ2) is 5.21. The van der Waals surface area contributed by atoms with Gasteiger partial charge in [0.25, 0.3) is 0 Å². The van der Waals surface area contributed by atoms with Crippen LogP contribution >= 0.6 is 0 Å². The van der Waals surface area contributed by atoms with Crippen LogP contribution in [0.25, 0.3) is 0 Å². The van der Waals surface area contributed by atoms with Crippen LogP contribution in [0.1, 0.15) is 18.4 Å². The molecule has 1 fully saturated rings. The summed E-state index contributed by atoms with van der Waals surface area (Å²) in [6.45, 7) is 1.25. The summed E-state index contributed by atoms with van der Waals surface area (Å²) in [6.07, 6.45) is -2.40. The highest BCUT2D eigenvalue weighted by atomic mass is 19.4. The van der Waals surface area contributed by atoms with E-state index in [1.54, 1.807) is 11.1 Å². The van der Waals surface area contributed by atoms with Crippen molar-refractivity contribution in [2.45, 2.75) is 24.6 Å². The molecule has 3 nitrogen and oxygen atoms in total. The topological polar surface area (TPSA) is 35.8 Å². The van der Waals surface area contributed by atoms with E-state index in [9.17, 15) is 18.3 Å². The summed E-state index contributed by atoms with van der Waals surface area (Å²) in [5.41, 5.74) is -3.28. The maximum absolute atomic E-state index is 13.1. The van der Waals surface area contributed by atoms with Crippen LogP contribution < -0.4 is 0 Å². The number of benzene rings is 1. The molecule has 0 bridgehead atoms. The van der Waals surface area contributed by atoms with Crippen molar-refractivity contribution in [1.82, 2.24) is 5.01 Å². The van der Waals surface area contributed by atoms with Crippen LogP contribution in [0, 0.1) is 0 Å². The van der Waals surface area contributed by atoms with E-state index in [4.69, 9.17) is 0 Å². The normalized spacial score (nSPS) is 19.9. The Labute approximate surface area is 109 Å². The van der Waals surface area contributed by atoms with Gasteiger partial charge in [-0.15, -0.1) is 0 Å². The zero-order valence-corrected chi connectivity index (χ0v) is 10.3. The number of hydrazone groups is 1. The molecule has 1 aliphatic heterocycles. The Morgan fingerprint density at radius 3 is 2.21 bits per heavy atom. The molecular formula is C13H15F3N2O. The second-order valence-corrected chi connectivity index (χ2v) is 4.54. The van der Waals surface area contributed by atoms with Crippen molar-refractivity contribution < 1.29 is 18.3 Å². The number of aliphatic hydroxyl groups is 1. The van der Waals surface area contributed by atoms with Gasteiger partial charge < -0.3 is 5.11 Å². The standard InChI is InChI=1S/C13H15F3N2O/c14-13(15,16)12(19,11-6-2-1-3-7-11)10-17-18-8-4-5-9-18/h1-3,6-7,10,19H,4-5,8-9H2/b17-10+. The van der Waals surface area contributed by atoms with Crippen molar-refractivity contribution in [3.05, 3.63) is 35.9 Å². The first-order chi connectivity index (χ1) is 8.93. The van der Waals surface area contributed by atoms with E-state index < -0.39 is 11.8 Å². The van der Waals surface area contributed by atoms with Gasteiger partial charge in [0.15, 0.2) is 0 Å². The first-order valence-electron chi connectivity index (χ1n) is 6.08. The fourth-order valence-corrected chi connectivity index (χ4v) is 1.98. The number of rotatable bonds is 3. The lowest BCUT2D eigenvalue weighted by molar-refractivity contribution is -0.234. The van der Waals surface area contributed by atoms with Gasteiger partial charge in [-0.1, -0.05) is 30.3 Å². The lowest BCUT2D eigenvalue weighted by Gasteiger charge is -2.27. The van der Waals surface area contributed by atoms with Crippen molar-refractivity contribution in [3.63, 3.8) is 0 Å². The third-order valence-electron chi connectivity index (χ3n) is 3.14. The van der Waals surface area contributed by atoms with Gasteiger partial charge in [-0.25, -0.2) is 0 Å². The zero-order chi connectivity index (χ0) is 13.9. The molecule has 0 aliphatic carbocycles. The SMILES string of the molecule is OC(/C=N/N1CCCC1)(c1ccccc1)C(F)(F)F. The molecule has 104 valence electrons. The highest BCUT2D eigenvalue weighted by molar-refractivity contribution is 5.72. The monoisotopic (exact) mass is 272 g/mol. The van der Waals surface area contributed by atoms with Crippen LogP contribution in [0.2, 0.25) is 0 Å². The van der Waals surface area contributed by atoms with Crippen molar-refractivity contribution in [1.29, 1.82) is 0 Å². The van der Waals surface area contributed by atoms with Crippen LogP contribution in [0.5, 0.6) is 0 Å². The minimum atomic E-state index is -4.81. The maximum Gasteiger partial charge on any atom is 0.426 e. The molecule has 0 radical (unpaired) electrons. The van der Waals surface area contributed by atoms with E-state index in [0.29, 0.717) is 19.3 Å². The summed E-state index contributed by atoms with van der Waals surface area (Å²) in [4.78, 5) is 0. The molecule has 0 saturated carbocycles. The number of hydrogen-bond donors (Lipinski definition) is 1. The molecule has 0 amide bonds. The zero-order valence-electron chi connectivity index (χ0n) is 10.3. The van der Waals surface area contributed by atoms with Crippen molar-refractivity contribution >= 4 is 6.21 Å². The lowest BCUT2D eigenvalue weighted by atomic mass is 9.94. The summed E-state index contributed by atoms with van der Waals surface area (Å²) in [6, 6.07) is 6.98. The molecule has 6 heteroatoms. The third kappa shape index (κ3) is 2.89. The highest BCUT2D eigenvalue weighted by Gasteiger charge is 2.54. The number of hydrogen-bond acceptors (Lipinski definition) is 3. The molecule has 1 saturated heterocycles. The smallest absolute Gasteiger partial charge is 0.371 e. The van der Waals surface area contributed by atoms with Crippen LogP contribution in [0.4, 0.5) is 13.2 Å².